The van der Waals surface area contributed by atoms with Gasteiger partial charge in [-0.3, -0.25) is 14.4 Å². The van der Waals surface area contributed by atoms with Gasteiger partial charge in [-0.25, -0.2) is 4.98 Å². The molecule has 0 fully saturated rings. The lowest BCUT2D eigenvalue weighted by atomic mass is 10.1. The number of H-pyrrole nitrogens is 1. The molecule has 8 heteroatoms. The van der Waals surface area contributed by atoms with Gasteiger partial charge < -0.3 is 15.2 Å². The Hall–Kier alpha value is -3.00. The van der Waals surface area contributed by atoms with Crippen molar-refractivity contribution in [1.82, 2.24) is 14.9 Å². The number of nitrogens with zero attached hydrogens (tertiary/aromatic N) is 2. The lowest BCUT2D eigenvalue weighted by Crippen LogP contribution is -2.35. The Morgan fingerprint density at radius 1 is 1.17 bits per heavy atom. The van der Waals surface area contributed by atoms with Crippen LogP contribution in [-0.2, 0) is 16.0 Å². The van der Waals surface area contributed by atoms with Crippen LogP contribution in [0.2, 0.25) is 0 Å². The minimum Gasteiger partial charge on any atom is -0.336 e. The van der Waals surface area contributed by atoms with Gasteiger partial charge in [0, 0.05) is 30.5 Å². The van der Waals surface area contributed by atoms with Gasteiger partial charge in [-0.1, -0.05) is 18.2 Å². The summed E-state index contributed by atoms with van der Waals surface area (Å²) in [6.45, 7) is 7.69. The molecular weight excluding hydrogens is 400 g/mol. The monoisotopic (exact) mass is 426 g/mol. The maximum absolute atomic E-state index is 12.5. The smallest absolute Gasteiger partial charge is 0.259 e. The number of nitrogens with one attached hydrogen (secondary N) is 2. The molecule has 2 amide bonds. The van der Waals surface area contributed by atoms with Gasteiger partial charge in [-0.05, 0) is 44.4 Å². The molecule has 0 bridgehead atoms. The molecule has 30 heavy (non-hydrogen) atoms. The lowest BCUT2D eigenvalue weighted by molar-refractivity contribution is -0.133. The Morgan fingerprint density at radius 2 is 1.83 bits per heavy atom. The fourth-order valence-corrected chi connectivity index (χ4v) is 4.38. The summed E-state index contributed by atoms with van der Waals surface area (Å²) in [5.41, 5.74) is 3.50. The maximum Gasteiger partial charge on any atom is 0.259 e. The second-order valence-corrected chi connectivity index (χ2v) is 8.74. The lowest BCUT2D eigenvalue weighted by Gasteiger charge is -2.18. The van der Waals surface area contributed by atoms with E-state index in [4.69, 9.17) is 0 Å². The number of amides is 2. The van der Waals surface area contributed by atoms with E-state index in [0.29, 0.717) is 22.5 Å². The Labute approximate surface area is 179 Å². The molecular formula is C22H26N4O3S. The third-order valence-corrected chi connectivity index (χ3v) is 6.32. The predicted molar refractivity (Wildman–Crippen MR) is 120 cm³/mol. The summed E-state index contributed by atoms with van der Waals surface area (Å²) in [7, 11) is 1.60. The normalized spacial score (nSPS) is 11.0. The molecule has 2 aromatic heterocycles. The van der Waals surface area contributed by atoms with Crippen LogP contribution in [0.15, 0.2) is 23.0 Å². The number of fused-ring (bicyclic) bond motifs is 1. The first kappa shape index (κ1) is 21.7. The Morgan fingerprint density at radius 3 is 2.50 bits per heavy atom. The molecule has 0 radical (unpaired) electrons. The number of benzene rings is 1. The molecule has 0 unspecified atom stereocenters. The van der Waals surface area contributed by atoms with E-state index in [1.807, 2.05) is 45.9 Å². The Bertz CT molecular complexity index is 1160. The largest absolute Gasteiger partial charge is 0.336 e. The van der Waals surface area contributed by atoms with Crippen molar-refractivity contribution in [2.45, 2.75) is 40.5 Å². The van der Waals surface area contributed by atoms with Crippen molar-refractivity contribution in [3.8, 4) is 0 Å². The Kier molecular flexibility index (Phi) is 6.36. The van der Waals surface area contributed by atoms with E-state index >= 15 is 0 Å². The number of rotatable bonds is 6. The number of hydrogen-bond donors (Lipinski definition) is 2. The highest BCUT2D eigenvalue weighted by atomic mass is 32.1. The highest BCUT2D eigenvalue weighted by molar-refractivity contribution is 7.18. The number of carbonyl (C=O) groups is 2. The quantitative estimate of drug-likeness (QED) is 0.633. The molecule has 0 saturated heterocycles. The molecule has 0 atom stereocenters. The van der Waals surface area contributed by atoms with Crippen LogP contribution < -0.4 is 10.9 Å². The van der Waals surface area contributed by atoms with Crippen molar-refractivity contribution in [2.75, 3.05) is 18.9 Å². The van der Waals surface area contributed by atoms with Gasteiger partial charge in [-0.2, -0.15) is 0 Å². The number of para-hydroxylation sites is 1. The van der Waals surface area contributed by atoms with Gasteiger partial charge in [0.25, 0.3) is 5.56 Å². The second kappa shape index (κ2) is 8.79. The zero-order chi connectivity index (χ0) is 22.0. The summed E-state index contributed by atoms with van der Waals surface area (Å²) in [5, 5.41) is 3.50. The highest BCUT2D eigenvalue weighted by Gasteiger charge is 2.16. The molecule has 2 N–H and O–H groups in total. The molecule has 0 aliphatic heterocycles. The number of aromatic amines is 1. The fourth-order valence-electron chi connectivity index (χ4n) is 3.33. The number of aromatic nitrogens is 2. The van der Waals surface area contributed by atoms with Crippen molar-refractivity contribution in [3.05, 3.63) is 55.9 Å². The standard InChI is InChI=1S/C22H26N4O3S/c1-12-7-6-8-13(2)20(12)25-17(27)11-26(5)18(28)10-9-16-23-21(29)19-14(3)15(4)30-22(19)24-16/h6-8H,9-11H2,1-5H3,(H,25,27)(H,23,24,29). The summed E-state index contributed by atoms with van der Waals surface area (Å²) in [6.07, 6.45) is 0.466. The van der Waals surface area contributed by atoms with E-state index < -0.39 is 0 Å². The van der Waals surface area contributed by atoms with E-state index in [-0.39, 0.29) is 30.3 Å². The first-order chi connectivity index (χ1) is 14.2. The molecule has 7 nitrogen and oxygen atoms in total. The molecule has 1 aromatic carbocycles. The van der Waals surface area contributed by atoms with Gasteiger partial charge in [0.05, 0.1) is 11.9 Å². The van der Waals surface area contributed by atoms with Crippen molar-refractivity contribution >= 4 is 39.1 Å². The van der Waals surface area contributed by atoms with Crippen LogP contribution in [0, 0.1) is 27.7 Å². The SMILES string of the molecule is Cc1cccc(C)c1NC(=O)CN(C)C(=O)CCc1nc2sc(C)c(C)c2c(=O)[nH]1. The van der Waals surface area contributed by atoms with Gasteiger partial charge in [0.2, 0.25) is 11.8 Å². The van der Waals surface area contributed by atoms with Crippen LogP contribution in [0.4, 0.5) is 5.69 Å². The van der Waals surface area contributed by atoms with Crippen molar-refractivity contribution < 1.29 is 9.59 Å². The second-order valence-electron chi connectivity index (χ2n) is 7.54. The molecule has 0 aliphatic rings. The molecule has 0 aliphatic carbocycles. The topological polar surface area (TPSA) is 95.2 Å². The first-order valence-corrected chi connectivity index (χ1v) is 10.6. The van der Waals surface area contributed by atoms with E-state index in [9.17, 15) is 14.4 Å². The number of carbonyl (C=O) groups excluding carboxylic acids is 2. The third-order valence-electron chi connectivity index (χ3n) is 5.22. The van der Waals surface area contributed by atoms with E-state index in [1.54, 1.807) is 7.05 Å². The maximum atomic E-state index is 12.5. The van der Waals surface area contributed by atoms with Crippen LogP contribution in [0.1, 0.15) is 33.8 Å². The van der Waals surface area contributed by atoms with Crippen LogP contribution in [0.5, 0.6) is 0 Å². The number of aryl methyl sites for hydroxylation is 5. The van der Waals surface area contributed by atoms with Crippen LogP contribution in [-0.4, -0.2) is 40.3 Å². The summed E-state index contributed by atoms with van der Waals surface area (Å²) < 4.78 is 0. The molecule has 158 valence electrons. The van der Waals surface area contributed by atoms with Crippen LogP contribution in [0.25, 0.3) is 10.2 Å². The minimum atomic E-state index is -0.249. The third kappa shape index (κ3) is 4.59. The summed E-state index contributed by atoms with van der Waals surface area (Å²) in [4.78, 5) is 47.6. The average molecular weight is 427 g/mol. The van der Waals surface area contributed by atoms with Gasteiger partial charge in [0.15, 0.2) is 0 Å². The minimum absolute atomic E-state index is 0.0428. The molecule has 2 heterocycles. The van der Waals surface area contributed by atoms with Gasteiger partial charge >= 0.3 is 0 Å². The first-order valence-electron chi connectivity index (χ1n) is 9.76. The summed E-state index contributed by atoms with van der Waals surface area (Å²) in [6, 6.07) is 5.79. The van der Waals surface area contributed by atoms with Crippen LogP contribution in [0.3, 0.4) is 0 Å². The molecule has 3 aromatic rings. The average Bonchev–Trinajstić information content (AvgIpc) is 2.97. The number of hydrogen-bond acceptors (Lipinski definition) is 5. The highest BCUT2D eigenvalue weighted by Crippen LogP contribution is 2.25. The van der Waals surface area contributed by atoms with Crippen molar-refractivity contribution in [1.29, 1.82) is 0 Å². The van der Waals surface area contributed by atoms with E-state index in [0.717, 1.165) is 27.3 Å². The molecule has 0 spiro atoms. The van der Waals surface area contributed by atoms with Crippen molar-refractivity contribution in [3.63, 3.8) is 0 Å². The van der Waals surface area contributed by atoms with Gasteiger partial charge in [0.1, 0.15) is 10.7 Å². The zero-order valence-electron chi connectivity index (χ0n) is 17.9. The van der Waals surface area contributed by atoms with Gasteiger partial charge in [-0.15, -0.1) is 11.3 Å². The number of likely N-dealkylation sites (N-methyl/N-ethyl adjacent to an activating group) is 1. The van der Waals surface area contributed by atoms with Crippen molar-refractivity contribution in [2.24, 2.45) is 0 Å². The molecule has 3 rings (SSSR count). The zero-order valence-corrected chi connectivity index (χ0v) is 18.7. The van der Waals surface area contributed by atoms with E-state index in [2.05, 4.69) is 15.3 Å². The Balaban J connectivity index is 1.60. The molecule has 0 saturated carbocycles. The number of thiophene rings is 1. The predicted octanol–water partition coefficient (Wildman–Crippen LogP) is 3.25. The summed E-state index contributed by atoms with van der Waals surface area (Å²) >= 11 is 1.48. The fraction of sp³-hybridized carbons (Fsp3) is 0.364. The van der Waals surface area contributed by atoms with E-state index in [1.165, 1.54) is 16.2 Å². The summed E-state index contributed by atoms with van der Waals surface area (Å²) in [5.74, 6) is 0.0455. The number of anilines is 1. The van der Waals surface area contributed by atoms with Crippen LogP contribution >= 0.6 is 11.3 Å².